The molecule has 3 nitrogen and oxygen atoms in total. The molecule has 2 atom stereocenters. The summed E-state index contributed by atoms with van der Waals surface area (Å²) in [5.41, 5.74) is 2.30. The van der Waals surface area contributed by atoms with Crippen molar-refractivity contribution in [1.29, 1.82) is 0 Å². The molecule has 1 saturated carbocycles. The van der Waals surface area contributed by atoms with E-state index in [4.69, 9.17) is 11.6 Å². The molecule has 1 aliphatic carbocycles. The Hall–Kier alpha value is -1.42. The van der Waals surface area contributed by atoms with Gasteiger partial charge in [0.2, 0.25) is 0 Å². The first-order valence-corrected chi connectivity index (χ1v) is 8.70. The van der Waals surface area contributed by atoms with Crippen molar-refractivity contribution in [2.45, 2.75) is 43.8 Å². The average molecular weight is 330 g/mol. The molecule has 1 fully saturated rings. The summed E-state index contributed by atoms with van der Waals surface area (Å²) in [5, 5.41) is 8.19. The molecule has 3 rings (SSSR count). The molecule has 1 heterocycles. The fraction of sp³-hybridized carbons (Fsp3) is 0.421. The molecule has 23 heavy (non-hydrogen) atoms. The van der Waals surface area contributed by atoms with Crippen molar-refractivity contribution in [2.75, 3.05) is 7.05 Å². The van der Waals surface area contributed by atoms with Gasteiger partial charge < -0.3 is 10.6 Å². The van der Waals surface area contributed by atoms with E-state index in [9.17, 15) is 0 Å². The van der Waals surface area contributed by atoms with Crippen LogP contribution in [-0.4, -0.2) is 18.1 Å². The van der Waals surface area contributed by atoms with Crippen molar-refractivity contribution >= 4 is 11.6 Å². The van der Waals surface area contributed by atoms with Crippen molar-refractivity contribution in [2.24, 2.45) is 0 Å². The number of hydrogen-bond donors (Lipinski definition) is 2. The van der Waals surface area contributed by atoms with Crippen molar-refractivity contribution in [3.63, 3.8) is 0 Å². The second kappa shape index (κ2) is 7.43. The topological polar surface area (TPSA) is 37.0 Å². The number of halogens is 1. The van der Waals surface area contributed by atoms with Crippen LogP contribution in [0.3, 0.4) is 0 Å². The first-order chi connectivity index (χ1) is 11.3. The Morgan fingerprint density at radius 3 is 2.83 bits per heavy atom. The van der Waals surface area contributed by atoms with Gasteiger partial charge in [-0.05, 0) is 43.1 Å². The third-order valence-corrected chi connectivity index (χ3v) is 5.31. The van der Waals surface area contributed by atoms with Crippen LogP contribution in [0.15, 0.2) is 48.8 Å². The van der Waals surface area contributed by atoms with Gasteiger partial charge in [-0.2, -0.15) is 0 Å². The fourth-order valence-electron chi connectivity index (χ4n) is 3.77. The van der Waals surface area contributed by atoms with Crippen LogP contribution >= 0.6 is 11.6 Å². The van der Waals surface area contributed by atoms with Crippen molar-refractivity contribution in [3.05, 3.63) is 64.9 Å². The molecule has 0 radical (unpaired) electrons. The molecule has 0 saturated heterocycles. The van der Waals surface area contributed by atoms with E-state index in [2.05, 4.69) is 33.8 Å². The Bertz CT molecular complexity index is 632. The van der Waals surface area contributed by atoms with Crippen molar-refractivity contribution < 1.29 is 0 Å². The van der Waals surface area contributed by atoms with E-state index in [1.165, 1.54) is 24.0 Å². The first kappa shape index (κ1) is 16.4. The van der Waals surface area contributed by atoms with Gasteiger partial charge in [0.1, 0.15) is 0 Å². The van der Waals surface area contributed by atoms with Crippen molar-refractivity contribution in [1.82, 2.24) is 15.6 Å². The van der Waals surface area contributed by atoms with Gasteiger partial charge in [-0.3, -0.25) is 4.98 Å². The molecule has 1 aliphatic rings. The molecular weight excluding hydrogens is 306 g/mol. The molecule has 2 aromatic rings. The second-order valence-corrected chi connectivity index (χ2v) is 6.65. The number of pyridine rings is 1. The molecule has 1 aromatic carbocycles. The van der Waals surface area contributed by atoms with E-state index >= 15 is 0 Å². The standard InChI is InChI=1S/C19H24ClN3/c1-21-19(16-8-2-3-9-17(16)20)11-5-4-10-18(19)23-14-15-7-6-12-22-13-15/h2-3,6-9,12-13,18,21,23H,4-5,10-11,14H2,1H3/t18-,19+/m0/s1. The van der Waals surface area contributed by atoms with Crippen LogP contribution in [0.5, 0.6) is 0 Å². The lowest BCUT2D eigenvalue weighted by molar-refractivity contribution is 0.176. The molecular formula is C19H24ClN3. The smallest absolute Gasteiger partial charge is 0.0602 e. The predicted octanol–water partition coefficient (Wildman–Crippen LogP) is 3.88. The molecule has 1 aromatic heterocycles. The van der Waals surface area contributed by atoms with Crippen LogP contribution in [0, 0.1) is 0 Å². The van der Waals surface area contributed by atoms with Gasteiger partial charge >= 0.3 is 0 Å². The van der Waals surface area contributed by atoms with Crippen LogP contribution in [0.4, 0.5) is 0 Å². The maximum atomic E-state index is 6.53. The highest BCUT2D eigenvalue weighted by Gasteiger charge is 2.41. The number of rotatable bonds is 5. The van der Waals surface area contributed by atoms with Gasteiger partial charge in [0.15, 0.2) is 0 Å². The number of benzene rings is 1. The van der Waals surface area contributed by atoms with E-state index in [-0.39, 0.29) is 5.54 Å². The normalized spacial score (nSPS) is 24.5. The summed E-state index contributed by atoms with van der Waals surface area (Å²) >= 11 is 6.53. The van der Waals surface area contributed by atoms with E-state index < -0.39 is 0 Å². The highest BCUT2D eigenvalue weighted by Crippen LogP contribution is 2.40. The number of aromatic nitrogens is 1. The maximum Gasteiger partial charge on any atom is 0.0602 e. The molecule has 0 unspecified atom stereocenters. The largest absolute Gasteiger partial charge is 0.309 e. The van der Waals surface area contributed by atoms with Crippen LogP contribution in [0.2, 0.25) is 5.02 Å². The number of hydrogen-bond acceptors (Lipinski definition) is 3. The van der Waals surface area contributed by atoms with Gasteiger partial charge in [0.05, 0.1) is 5.54 Å². The summed E-state index contributed by atoms with van der Waals surface area (Å²) in [6.07, 6.45) is 8.44. The number of nitrogens with zero attached hydrogens (tertiary/aromatic N) is 1. The summed E-state index contributed by atoms with van der Waals surface area (Å²) in [5.74, 6) is 0. The van der Waals surface area contributed by atoms with Gasteiger partial charge in [-0.1, -0.05) is 48.7 Å². The van der Waals surface area contributed by atoms with E-state index in [0.717, 1.165) is 24.4 Å². The van der Waals surface area contributed by atoms with Crippen LogP contribution < -0.4 is 10.6 Å². The summed E-state index contributed by atoms with van der Waals surface area (Å²) in [6.45, 7) is 0.826. The monoisotopic (exact) mass is 329 g/mol. The molecule has 2 N–H and O–H groups in total. The Kier molecular flexibility index (Phi) is 5.31. The van der Waals surface area contributed by atoms with Gasteiger partial charge in [0, 0.05) is 30.0 Å². The molecule has 0 amide bonds. The Morgan fingerprint density at radius 2 is 2.09 bits per heavy atom. The fourth-order valence-corrected chi connectivity index (χ4v) is 4.08. The predicted molar refractivity (Wildman–Crippen MR) is 95.5 cm³/mol. The van der Waals surface area contributed by atoms with Crippen LogP contribution in [0.25, 0.3) is 0 Å². The zero-order chi connectivity index (χ0) is 16.1. The minimum atomic E-state index is -0.112. The highest BCUT2D eigenvalue weighted by atomic mass is 35.5. The zero-order valence-electron chi connectivity index (χ0n) is 13.6. The molecule has 4 heteroatoms. The van der Waals surface area contributed by atoms with Gasteiger partial charge in [-0.15, -0.1) is 0 Å². The lowest BCUT2D eigenvalue weighted by Gasteiger charge is -2.45. The SMILES string of the molecule is CN[C@@]1(c2ccccc2Cl)CCCC[C@@H]1NCc1cccnc1. The van der Waals surface area contributed by atoms with Crippen LogP contribution in [-0.2, 0) is 12.1 Å². The Balaban J connectivity index is 1.85. The lowest BCUT2D eigenvalue weighted by Crippen LogP contribution is -2.57. The third-order valence-electron chi connectivity index (χ3n) is 4.98. The van der Waals surface area contributed by atoms with Gasteiger partial charge in [0.25, 0.3) is 0 Å². The van der Waals surface area contributed by atoms with E-state index in [0.29, 0.717) is 6.04 Å². The Labute approximate surface area is 143 Å². The minimum absolute atomic E-state index is 0.112. The lowest BCUT2D eigenvalue weighted by atomic mass is 9.72. The third kappa shape index (κ3) is 3.42. The minimum Gasteiger partial charge on any atom is -0.309 e. The molecule has 0 bridgehead atoms. The second-order valence-electron chi connectivity index (χ2n) is 6.24. The summed E-state index contributed by atoms with van der Waals surface area (Å²) in [7, 11) is 2.05. The zero-order valence-corrected chi connectivity index (χ0v) is 14.3. The summed E-state index contributed by atoms with van der Waals surface area (Å²) in [4.78, 5) is 4.20. The summed E-state index contributed by atoms with van der Waals surface area (Å²) < 4.78 is 0. The molecule has 0 aliphatic heterocycles. The first-order valence-electron chi connectivity index (χ1n) is 8.32. The maximum absolute atomic E-state index is 6.53. The van der Waals surface area contributed by atoms with Gasteiger partial charge in [-0.25, -0.2) is 0 Å². The average Bonchev–Trinajstić information content (AvgIpc) is 2.61. The van der Waals surface area contributed by atoms with Crippen molar-refractivity contribution in [3.8, 4) is 0 Å². The number of likely N-dealkylation sites (N-methyl/N-ethyl adjacent to an activating group) is 1. The molecule has 122 valence electrons. The summed E-state index contributed by atoms with van der Waals surface area (Å²) in [6, 6.07) is 12.7. The Morgan fingerprint density at radius 1 is 1.22 bits per heavy atom. The number of nitrogens with one attached hydrogen (secondary N) is 2. The van der Waals surface area contributed by atoms with E-state index in [1.54, 1.807) is 0 Å². The molecule has 0 spiro atoms. The highest BCUT2D eigenvalue weighted by molar-refractivity contribution is 6.31. The van der Waals surface area contributed by atoms with E-state index in [1.807, 2.05) is 37.6 Å². The van der Waals surface area contributed by atoms with Crippen LogP contribution in [0.1, 0.15) is 36.8 Å². The quantitative estimate of drug-likeness (QED) is 0.874.